The first-order valence-corrected chi connectivity index (χ1v) is 14.5. The molecule has 0 saturated heterocycles. The molecule has 6 aromatic carbocycles. The number of fused-ring (bicyclic) bond motifs is 8. The number of rotatable bonds is 0. The maximum atomic E-state index is 6.06. The third-order valence-electron chi connectivity index (χ3n) is 8.64. The van der Waals surface area contributed by atoms with Crippen molar-refractivity contribution >= 4 is 54.7 Å². The Morgan fingerprint density at radius 2 is 0.953 bits per heavy atom. The van der Waals surface area contributed by atoms with E-state index in [0.29, 0.717) is 0 Å². The highest BCUT2D eigenvalue weighted by molar-refractivity contribution is 6.19. The van der Waals surface area contributed by atoms with E-state index in [1.165, 1.54) is 43.9 Å². The van der Waals surface area contributed by atoms with Crippen molar-refractivity contribution in [3.8, 4) is 34.0 Å². The van der Waals surface area contributed by atoms with Crippen LogP contribution in [0.3, 0.4) is 0 Å². The summed E-state index contributed by atoms with van der Waals surface area (Å²) in [6.07, 6.45) is 0. The van der Waals surface area contributed by atoms with Crippen LogP contribution in [0.25, 0.3) is 65.9 Å². The highest BCUT2D eigenvalue weighted by Gasteiger charge is 2.24. The lowest BCUT2D eigenvalue weighted by atomic mass is 9.94. The minimum absolute atomic E-state index is 0.875. The molecule has 0 radical (unpaired) electrons. The first-order valence-electron chi connectivity index (χ1n) is 14.5. The summed E-state index contributed by atoms with van der Waals surface area (Å²) >= 11 is 0. The molecule has 2 aromatic heterocycles. The van der Waals surface area contributed by atoms with Crippen LogP contribution >= 0.6 is 0 Å². The number of nitrogens with zero attached hydrogens (tertiary/aromatic N) is 3. The molecule has 0 saturated carbocycles. The van der Waals surface area contributed by atoms with Gasteiger partial charge >= 0.3 is 0 Å². The fourth-order valence-electron chi connectivity index (χ4n) is 6.68. The standard InChI is InChI=1S/C20H14N2.C19H11NO/c1-22-17-11-5-3-8-15(17)20-19-14(9-6-12-18(19)22)13-7-2-4-10-16(13)21-20;1-3-9-15-12(6-1)13-8-5-11-17-18(13)19(20-15)14-7-2-4-10-16(14)21-17/h2-12H,1H3;1-11H. The second-order valence-electron chi connectivity index (χ2n) is 11.0. The van der Waals surface area contributed by atoms with Crippen molar-refractivity contribution in [2.75, 3.05) is 11.9 Å². The summed E-state index contributed by atoms with van der Waals surface area (Å²) in [5.41, 5.74) is 8.90. The number of anilines is 2. The SMILES string of the molecule is CN1c2ccccc2-c2nc3ccccc3c3cccc1c23.c1ccc2c(c1)Oc1cccc3c1c-2nc1ccccc13. The highest BCUT2D eigenvalue weighted by Crippen LogP contribution is 2.48. The summed E-state index contributed by atoms with van der Waals surface area (Å²) in [5.74, 6) is 1.76. The molecule has 10 rings (SSSR count). The largest absolute Gasteiger partial charge is 0.456 e. The number of hydrogen-bond donors (Lipinski definition) is 0. The zero-order valence-electron chi connectivity index (χ0n) is 23.5. The van der Waals surface area contributed by atoms with E-state index in [0.717, 1.165) is 44.9 Å². The van der Waals surface area contributed by atoms with E-state index >= 15 is 0 Å². The molecule has 4 heterocycles. The van der Waals surface area contributed by atoms with Gasteiger partial charge in [0.1, 0.15) is 11.5 Å². The van der Waals surface area contributed by atoms with Crippen LogP contribution in [0.15, 0.2) is 133 Å². The Bertz CT molecular complexity index is 2410. The number of hydrogen-bond acceptors (Lipinski definition) is 4. The van der Waals surface area contributed by atoms with Crippen LogP contribution in [0.5, 0.6) is 11.5 Å². The number of aromatic nitrogens is 2. The van der Waals surface area contributed by atoms with Crippen LogP contribution in [0, 0.1) is 0 Å². The second kappa shape index (κ2) is 9.13. The van der Waals surface area contributed by atoms with Gasteiger partial charge in [-0.1, -0.05) is 91.0 Å². The molecule has 0 amide bonds. The molecule has 202 valence electrons. The van der Waals surface area contributed by atoms with Crippen LogP contribution in [-0.2, 0) is 0 Å². The van der Waals surface area contributed by atoms with E-state index in [-0.39, 0.29) is 0 Å². The average molecular weight is 552 g/mol. The maximum absolute atomic E-state index is 6.06. The summed E-state index contributed by atoms with van der Waals surface area (Å²) in [4.78, 5) is 12.1. The lowest BCUT2D eigenvalue weighted by Crippen LogP contribution is -2.15. The lowest BCUT2D eigenvalue weighted by molar-refractivity contribution is 0.486. The fraction of sp³-hybridized carbons (Fsp3) is 0.0256. The molecule has 0 bridgehead atoms. The van der Waals surface area contributed by atoms with Gasteiger partial charge in [-0.2, -0.15) is 0 Å². The van der Waals surface area contributed by atoms with Crippen molar-refractivity contribution < 1.29 is 4.74 Å². The number of ether oxygens (including phenoxy) is 1. The van der Waals surface area contributed by atoms with Crippen LogP contribution in [0.1, 0.15) is 0 Å². The molecule has 4 nitrogen and oxygen atoms in total. The van der Waals surface area contributed by atoms with Crippen molar-refractivity contribution in [3.05, 3.63) is 133 Å². The molecule has 43 heavy (non-hydrogen) atoms. The summed E-state index contributed by atoms with van der Waals surface area (Å²) in [5, 5.41) is 7.22. The van der Waals surface area contributed by atoms with Gasteiger partial charge in [0.15, 0.2) is 0 Å². The smallest absolute Gasteiger partial charge is 0.137 e. The predicted octanol–water partition coefficient (Wildman–Crippen LogP) is 10.3. The Kier molecular flexibility index (Phi) is 5.08. The number of pyridine rings is 2. The number of para-hydroxylation sites is 4. The van der Waals surface area contributed by atoms with Crippen molar-refractivity contribution in [3.63, 3.8) is 0 Å². The molecular weight excluding hydrogens is 526 g/mol. The van der Waals surface area contributed by atoms with E-state index in [9.17, 15) is 0 Å². The fourth-order valence-corrected chi connectivity index (χ4v) is 6.68. The summed E-state index contributed by atoms with van der Waals surface area (Å²) in [7, 11) is 2.13. The predicted molar refractivity (Wildman–Crippen MR) is 178 cm³/mol. The normalized spacial score (nSPS) is 12.4. The summed E-state index contributed by atoms with van der Waals surface area (Å²) in [6, 6.07) is 46.0. The van der Waals surface area contributed by atoms with Crippen LogP contribution in [-0.4, -0.2) is 17.0 Å². The Morgan fingerprint density at radius 3 is 1.72 bits per heavy atom. The summed E-state index contributed by atoms with van der Waals surface area (Å²) in [6.45, 7) is 0. The minimum Gasteiger partial charge on any atom is -0.456 e. The Hall–Kier alpha value is -5.74. The molecule has 8 aromatic rings. The maximum Gasteiger partial charge on any atom is 0.137 e. The molecule has 4 heteroatoms. The van der Waals surface area contributed by atoms with Gasteiger partial charge in [-0.15, -0.1) is 0 Å². The molecule has 0 aliphatic carbocycles. The number of benzene rings is 6. The van der Waals surface area contributed by atoms with Gasteiger partial charge in [-0.05, 0) is 53.2 Å². The zero-order valence-corrected chi connectivity index (χ0v) is 23.5. The van der Waals surface area contributed by atoms with Crippen molar-refractivity contribution in [2.45, 2.75) is 0 Å². The molecule has 0 N–H and O–H groups in total. The zero-order chi connectivity index (χ0) is 28.5. The molecule has 2 aliphatic rings. The quantitative estimate of drug-likeness (QED) is 0.176. The van der Waals surface area contributed by atoms with E-state index in [4.69, 9.17) is 14.7 Å². The van der Waals surface area contributed by atoms with Gasteiger partial charge in [-0.25, -0.2) is 9.97 Å². The van der Waals surface area contributed by atoms with Gasteiger partial charge in [0.05, 0.1) is 39.2 Å². The molecule has 0 unspecified atom stereocenters. The third-order valence-corrected chi connectivity index (χ3v) is 8.64. The molecule has 2 aliphatic heterocycles. The first-order chi connectivity index (χ1) is 21.3. The Balaban J connectivity index is 0.000000121. The van der Waals surface area contributed by atoms with E-state index < -0.39 is 0 Å². The minimum atomic E-state index is 0.875. The topological polar surface area (TPSA) is 38.2 Å². The van der Waals surface area contributed by atoms with Crippen LogP contribution in [0.4, 0.5) is 11.4 Å². The van der Waals surface area contributed by atoms with E-state index in [1.54, 1.807) is 0 Å². The van der Waals surface area contributed by atoms with E-state index in [1.807, 2.05) is 36.4 Å². The Morgan fingerprint density at radius 1 is 0.442 bits per heavy atom. The van der Waals surface area contributed by atoms with Gasteiger partial charge in [0.25, 0.3) is 0 Å². The third kappa shape index (κ3) is 3.50. The van der Waals surface area contributed by atoms with Crippen LogP contribution in [0.2, 0.25) is 0 Å². The van der Waals surface area contributed by atoms with Crippen molar-refractivity contribution in [2.24, 2.45) is 0 Å². The Labute approximate surface area is 248 Å². The monoisotopic (exact) mass is 551 g/mol. The molecule has 0 fully saturated rings. The molecule has 0 spiro atoms. The van der Waals surface area contributed by atoms with Crippen molar-refractivity contribution in [1.82, 2.24) is 9.97 Å². The second-order valence-corrected chi connectivity index (χ2v) is 11.0. The van der Waals surface area contributed by atoms with Crippen LogP contribution < -0.4 is 9.64 Å². The average Bonchev–Trinajstić information content (AvgIpc) is 3.07. The summed E-state index contributed by atoms with van der Waals surface area (Å²) < 4.78 is 6.06. The molecular formula is C39H25N3O. The first kappa shape index (κ1) is 23.9. The highest BCUT2D eigenvalue weighted by atomic mass is 16.5. The van der Waals surface area contributed by atoms with Gasteiger partial charge in [0, 0.05) is 34.3 Å². The van der Waals surface area contributed by atoms with Gasteiger partial charge in [-0.3, -0.25) is 0 Å². The van der Waals surface area contributed by atoms with E-state index in [2.05, 4.69) is 109 Å². The molecule has 0 atom stereocenters. The lowest BCUT2D eigenvalue weighted by Gasteiger charge is -2.29. The van der Waals surface area contributed by atoms with Crippen molar-refractivity contribution in [1.29, 1.82) is 0 Å². The van der Waals surface area contributed by atoms with Gasteiger partial charge in [0.2, 0.25) is 0 Å². The van der Waals surface area contributed by atoms with Gasteiger partial charge < -0.3 is 9.64 Å².